The van der Waals surface area contributed by atoms with Crippen molar-refractivity contribution < 1.29 is 14.2 Å². The van der Waals surface area contributed by atoms with Crippen LogP contribution in [0.15, 0.2) is 48.8 Å². The Morgan fingerprint density at radius 1 is 0.963 bits per heavy atom. The molecule has 4 rings (SSSR count). The number of methoxy groups -OCH3 is 3. The van der Waals surface area contributed by atoms with Crippen molar-refractivity contribution in [1.82, 2.24) is 14.8 Å². The summed E-state index contributed by atoms with van der Waals surface area (Å²) in [6.45, 7) is 0. The van der Waals surface area contributed by atoms with Crippen molar-refractivity contribution in [3.8, 4) is 17.2 Å². The first-order valence-corrected chi connectivity index (χ1v) is 8.75. The van der Waals surface area contributed by atoms with Crippen molar-refractivity contribution in [3.05, 3.63) is 59.9 Å². The Morgan fingerprint density at radius 3 is 2.41 bits per heavy atom. The number of hydrogen-bond acceptors (Lipinski definition) is 6. The summed E-state index contributed by atoms with van der Waals surface area (Å²) in [5.74, 6) is 3.16. The molecule has 2 aromatic carbocycles. The Kier molecular flexibility index (Phi) is 4.58. The lowest BCUT2D eigenvalue weighted by molar-refractivity contribution is 0.373. The molecule has 0 bridgehead atoms. The van der Waals surface area contributed by atoms with Crippen molar-refractivity contribution >= 4 is 5.95 Å². The van der Waals surface area contributed by atoms with Crippen LogP contribution >= 0.6 is 0 Å². The van der Waals surface area contributed by atoms with E-state index < -0.39 is 0 Å². The van der Waals surface area contributed by atoms with Crippen LogP contribution in [-0.2, 0) is 0 Å². The molecule has 0 spiro atoms. The van der Waals surface area contributed by atoms with E-state index in [2.05, 4.69) is 27.5 Å². The molecule has 0 aliphatic carbocycles. The number of aromatic nitrogens is 3. The number of nitrogens with one attached hydrogen (secondary N) is 1. The Labute approximate surface area is 157 Å². The average Bonchev–Trinajstić information content (AvgIpc) is 3.21. The molecule has 1 aromatic heterocycles. The smallest absolute Gasteiger partial charge is 0.222 e. The second kappa shape index (κ2) is 7.19. The lowest BCUT2D eigenvalue weighted by Crippen LogP contribution is -2.28. The van der Waals surface area contributed by atoms with E-state index in [9.17, 15) is 0 Å². The third kappa shape index (κ3) is 3.16. The first-order chi connectivity index (χ1) is 13.2. The van der Waals surface area contributed by atoms with Gasteiger partial charge in [0.25, 0.3) is 0 Å². The minimum absolute atomic E-state index is 0.0269. The highest BCUT2D eigenvalue weighted by atomic mass is 16.5. The van der Waals surface area contributed by atoms with Crippen molar-refractivity contribution in [2.24, 2.45) is 0 Å². The molecule has 7 heteroatoms. The fourth-order valence-electron chi connectivity index (χ4n) is 3.53. The predicted octanol–water partition coefficient (Wildman–Crippen LogP) is 3.45. The van der Waals surface area contributed by atoms with Crippen LogP contribution in [0.5, 0.6) is 17.2 Å². The number of anilines is 1. The fourth-order valence-corrected chi connectivity index (χ4v) is 3.53. The first kappa shape index (κ1) is 17.2. The number of fused-ring (bicyclic) bond motifs is 1. The van der Waals surface area contributed by atoms with Gasteiger partial charge in [0.1, 0.15) is 23.6 Å². The molecule has 1 N–H and O–H groups in total. The number of benzene rings is 2. The minimum Gasteiger partial charge on any atom is -0.497 e. The summed E-state index contributed by atoms with van der Waals surface area (Å²) >= 11 is 0. The Morgan fingerprint density at radius 2 is 1.70 bits per heavy atom. The van der Waals surface area contributed by atoms with Crippen LogP contribution in [-0.4, -0.2) is 36.1 Å². The molecular weight excluding hydrogens is 344 g/mol. The Balaban J connectivity index is 1.74. The summed E-state index contributed by atoms with van der Waals surface area (Å²) in [7, 11) is 5.01. The number of nitrogens with zero attached hydrogens (tertiary/aromatic N) is 3. The average molecular weight is 366 g/mol. The lowest BCUT2D eigenvalue weighted by Gasteiger charge is -2.32. The van der Waals surface area contributed by atoms with E-state index in [4.69, 9.17) is 14.2 Å². The lowest BCUT2D eigenvalue weighted by atomic mass is 9.92. The maximum Gasteiger partial charge on any atom is 0.222 e. The summed E-state index contributed by atoms with van der Waals surface area (Å²) in [5.41, 5.74) is 2.18. The van der Waals surface area contributed by atoms with Crippen LogP contribution in [0.25, 0.3) is 0 Å². The van der Waals surface area contributed by atoms with Crippen LogP contribution in [0, 0.1) is 0 Å². The zero-order chi connectivity index (χ0) is 18.8. The SMILES string of the molecule is COc1ccc([C@@H]2C[C@H](c3cc(OC)ccc3OC)n3ncnc3N2)cc1. The highest BCUT2D eigenvalue weighted by Gasteiger charge is 2.32. The molecule has 0 saturated heterocycles. The maximum absolute atomic E-state index is 5.61. The molecule has 1 aliphatic rings. The van der Waals surface area contributed by atoms with Gasteiger partial charge in [-0.25, -0.2) is 4.68 Å². The number of hydrogen-bond donors (Lipinski definition) is 1. The van der Waals surface area contributed by atoms with Gasteiger partial charge in [-0.1, -0.05) is 12.1 Å². The molecule has 3 aromatic rings. The molecule has 2 atom stereocenters. The number of rotatable bonds is 5. The zero-order valence-corrected chi connectivity index (χ0v) is 15.5. The van der Waals surface area contributed by atoms with Gasteiger partial charge in [-0.15, -0.1) is 0 Å². The molecule has 7 nitrogen and oxygen atoms in total. The van der Waals surface area contributed by atoms with E-state index in [-0.39, 0.29) is 12.1 Å². The third-order valence-electron chi connectivity index (χ3n) is 4.94. The largest absolute Gasteiger partial charge is 0.497 e. The van der Waals surface area contributed by atoms with Gasteiger partial charge in [0.15, 0.2) is 0 Å². The van der Waals surface area contributed by atoms with E-state index in [1.54, 1.807) is 27.7 Å². The van der Waals surface area contributed by atoms with Gasteiger partial charge in [-0.05, 0) is 42.3 Å². The van der Waals surface area contributed by atoms with Gasteiger partial charge < -0.3 is 19.5 Å². The Hall–Kier alpha value is -3.22. The van der Waals surface area contributed by atoms with Crippen molar-refractivity contribution in [1.29, 1.82) is 0 Å². The molecule has 0 radical (unpaired) electrons. The van der Waals surface area contributed by atoms with Gasteiger partial charge in [0.2, 0.25) is 5.95 Å². The van der Waals surface area contributed by atoms with Crippen LogP contribution in [0.2, 0.25) is 0 Å². The summed E-state index contributed by atoms with van der Waals surface area (Å²) in [6, 6.07) is 14.0. The van der Waals surface area contributed by atoms with Crippen molar-refractivity contribution in [2.45, 2.75) is 18.5 Å². The fraction of sp³-hybridized carbons (Fsp3) is 0.300. The van der Waals surface area contributed by atoms with E-state index in [0.29, 0.717) is 0 Å². The molecular formula is C20H22N4O3. The summed E-state index contributed by atoms with van der Waals surface area (Å²) in [4.78, 5) is 4.38. The molecule has 0 amide bonds. The molecule has 140 valence electrons. The maximum atomic E-state index is 5.61. The van der Waals surface area contributed by atoms with Gasteiger partial charge in [0.05, 0.1) is 33.4 Å². The van der Waals surface area contributed by atoms with Crippen LogP contribution in [0.4, 0.5) is 5.95 Å². The first-order valence-electron chi connectivity index (χ1n) is 8.75. The van der Waals surface area contributed by atoms with Crippen molar-refractivity contribution in [2.75, 3.05) is 26.6 Å². The number of ether oxygens (including phenoxy) is 3. The molecule has 0 fully saturated rings. The third-order valence-corrected chi connectivity index (χ3v) is 4.94. The normalized spacial score (nSPS) is 18.3. The van der Waals surface area contributed by atoms with Crippen LogP contribution < -0.4 is 19.5 Å². The molecule has 2 heterocycles. The zero-order valence-electron chi connectivity index (χ0n) is 15.5. The second-order valence-electron chi connectivity index (χ2n) is 6.36. The minimum atomic E-state index is -0.0269. The molecule has 27 heavy (non-hydrogen) atoms. The second-order valence-corrected chi connectivity index (χ2v) is 6.36. The highest BCUT2D eigenvalue weighted by molar-refractivity contribution is 5.46. The monoisotopic (exact) mass is 366 g/mol. The van der Waals surface area contributed by atoms with Gasteiger partial charge in [0, 0.05) is 5.56 Å². The van der Waals surface area contributed by atoms with E-state index >= 15 is 0 Å². The summed E-state index contributed by atoms with van der Waals surface area (Å²) in [5, 5.41) is 7.90. The van der Waals surface area contributed by atoms with E-state index in [1.807, 2.05) is 35.0 Å². The molecule has 0 unspecified atom stereocenters. The van der Waals surface area contributed by atoms with Crippen LogP contribution in [0.3, 0.4) is 0 Å². The summed E-state index contributed by atoms with van der Waals surface area (Å²) < 4.78 is 18.2. The van der Waals surface area contributed by atoms with E-state index in [0.717, 1.165) is 40.7 Å². The standard InChI is InChI=1S/C20H22N4O3/c1-25-14-6-4-13(5-7-14)17-11-18(24-20(23-17)21-12-22-24)16-10-15(26-2)8-9-19(16)27-3/h4-10,12,17-18H,11H2,1-3H3,(H,21,22,23)/t17-,18+/m0/s1. The highest BCUT2D eigenvalue weighted by Crippen LogP contribution is 2.41. The molecule has 1 aliphatic heterocycles. The van der Waals surface area contributed by atoms with Gasteiger partial charge in [-0.3, -0.25) is 0 Å². The van der Waals surface area contributed by atoms with Crippen molar-refractivity contribution in [3.63, 3.8) is 0 Å². The van der Waals surface area contributed by atoms with Gasteiger partial charge in [-0.2, -0.15) is 10.1 Å². The quantitative estimate of drug-likeness (QED) is 0.746. The summed E-state index contributed by atoms with van der Waals surface area (Å²) in [6.07, 6.45) is 2.37. The van der Waals surface area contributed by atoms with Crippen LogP contribution in [0.1, 0.15) is 29.6 Å². The predicted molar refractivity (Wildman–Crippen MR) is 102 cm³/mol. The van der Waals surface area contributed by atoms with Gasteiger partial charge >= 0.3 is 0 Å². The molecule has 0 saturated carbocycles. The topological polar surface area (TPSA) is 70.4 Å². The Bertz CT molecular complexity index is 923. The van der Waals surface area contributed by atoms with E-state index in [1.165, 1.54) is 0 Å².